The fourth-order valence-electron chi connectivity index (χ4n) is 1.66. The first-order valence-corrected chi connectivity index (χ1v) is 6.15. The minimum atomic E-state index is -0.843. The Balaban J connectivity index is 2.61. The van der Waals surface area contributed by atoms with Crippen molar-refractivity contribution in [3.8, 4) is 0 Å². The van der Waals surface area contributed by atoms with E-state index in [-0.39, 0.29) is 11.9 Å². The normalized spacial score (nSPS) is 12.5. The van der Waals surface area contributed by atoms with E-state index in [9.17, 15) is 4.79 Å². The zero-order chi connectivity index (χ0) is 13.7. The summed E-state index contributed by atoms with van der Waals surface area (Å²) in [6.45, 7) is 0.508. The number of alkyl halides is 1. The van der Waals surface area contributed by atoms with Crippen molar-refractivity contribution in [2.24, 2.45) is 0 Å². The SMILES string of the molecule is CN(CC(=O)O)CC(Cl)c1ccc(N(C)C)cc1. The van der Waals surface area contributed by atoms with Crippen LogP contribution in [0.5, 0.6) is 0 Å². The van der Waals surface area contributed by atoms with E-state index in [2.05, 4.69) is 0 Å². The lowest BCUT2D eigenvalue weighted by atomic mass is 10.1. The molecule has 100 valence electrons. The molecule has 1 N–H and O–H groups in total. The molecule has 5 heteroatoms. The van der Waals surface area contributed by atoms with Crippen LogP contribution in [0.25, 0.3) is 0 Å². The molecule has 0 aromatic heterocycles. The summed E-state index contributed by atoms with van der Waals surface area (Å²) < 4.78 is 0. The van der Waals surface area contributed by atoms with Gasteiger partial charge in [0.1, 0.15) is 0 Å². The van der Waals surface area contributed by atoms with Crippen LogP contribution in [-0.4, -0.2) is 50.2 Å². The van der Waals surface area contributed by atoms with Crippen molar-refractivity contribution in [1.82, 2.24) is 4.90 Å². The van der Waals surface area contributed by atoms with Crippen molar-refractivity contribution < 1.29 is 9.90 Å². The molecule has 0 radical (unpaired) electrons. The Kier molecular flexibility index (Phi) is 5.44. The number of carboxylic acids is 1. The van der Waals surface area contributed by atoms with Crippen LogP contribution in [0.1, 0.15) is 10.9 Å². The van der Waals surface area contributed by atoms with Gasteiger partial charge in [-0.1, -0.05) is 12.1 Å². The predicted molar refractivity (Wildman–Crippen MR) is 74.5 cm³/mol. The van der Waals surface area contributed by atoms with Gasteiger partial charge >= 0.3 is 5.97 Å². The summed E-state index contributed by atoms with van der Waals surface area (Å²) >= 11 is 6.27. The summed E-state index contributed by atoms with van der Waals surface area (Å²) in [5.74, 6) is -0.843. The predicted octanol–water partition coefficient (Wildman–Crippen LogP) is 2.05. The average Bonchev–Trinajstić information content (AvgIpc) is 2.27. The summed E-state index contributed by atoms with van der Waals surface area (Å²) in [4.78, 5) is 14.3. The Morgan fingerprint density at radius 3 is 2.28 bits per heavy atom. The van der Waals surface area contributed by atoms with Crippen LogP contribution >= 0.6 is 11.6 Å². The van der Waals surface area contributed by atoms with Crippen molar-refractivity contribution >= 4 is 23.3 Å². The number of likely N-dealkylation sites (N-methyl/N-ethyl adjacent to an activating group) is 1. The molecule has 0 aliphatic heterocycles. The van der Waals surface area contributed by atoms with Crippen LogP contribution in [0.3, 0.4) is 0 Å². The number of carboxylic acid groups (broad SMARTS) is 1. The van der Waals surface area contributed by atoms with Gasteiger partial charge in [-0.3, -0.25) is 9.69 Å². The van der Waals surface area contributed by atoms with E-state index < -0.39 is 5.97 Å². The summed E-state index contributed by atoms with van der Waals surface area (Å²) in [5, 5.41) is 8.47. The van der Waals surface area contributed by atoms with Crippen LogP contribution in [-0.2, 0) is 4.79 Å². The van der Waals surface area contributed by atoms with Gasteiger partial charge in [-0.15, -0.1) is 11.6 Å². The number of anilines is 1. The zero-order valence-corrected chi connectivity index (χ0v) is 11.7. The van der Waals surface area contributed by atoms with E-state index in [1.54, 1.807) is 11.9 Å². The van der Waals surface area contributed by atoms with Crippen LogP contribution in [0, 0.1) is 0 Å². The van der Waals surface area contributed by atoms with Gasteiger partial charge in [0.2, 0.25) is 0 Å². The molecule has 4 nitrogen and oxygen atoms in total. The van der Waals surface area contributed by atoms with E-state index in [4.69, 9.17) is 16.7 Å². The summed E-state index contributed by atoms with van der Waals surface area (Å²) in [6.07, 6.45) is 0. The minimum absolute atomic E-state index is 0.000991. The largest absolute Gasteiger partial charge is 0.480 e. The Bertz CT molecular complexity index is 392. The first kappa shape index (κ1) is 14.8. The molecule has 0 fully saturated rings. The molecular formula is C13H19ClN2O2. The number of nitrogens with zero attached hydrogens (tertiary/aromatic N) is 2. The molecule has 0 spiro atoms. The van der Waals surface area contributed by atoms with Gasteiger partial charge in [-0.25, -0.2) is 0 Å². The molecule has 1 rings (SSSR count). The summed E-state index contributed by atoms with van der Waals surface area (Å²) in [6, 6.07) is 7.95. The number of benzene rings is 1. The molecule has 0 heterocycles. The zero-order valence-electron chi connectivity index (χ0n) is 10.9. The second-order valence-corrected chi connectivity index (χ2v) is 5.07. The second kappa shape index (κ2) is 6.61. The lowest BCUT2D eigenvalue weighted by molar-refractivity contribution is -0.137. The molecule has 0 aliphatic carbocycles. The molecule has 1 aromatic rings. The summed E-state index contributed by atoms with van der Waals surface area (Å²) in [7, 11) is 5.71. The number of halogens is 1. The van der Waals surface area contributed by atoms with Crippen LogP contribution in [0.4, 0.5) is 5.69 Å². The van der Waals surface area contributed by atoms with E-state index in [0.29, 0.717) is 6.54 Å². The number of rotatable bonds is 6. The van der Waals surface area contributed by atoms with Gasteiger partial charge in [0.25, 0.3) is 0 Å². The molecule has 1 atom stereocenters. The molecule has 0 amide bonds. The monoisotopic (exact) mass is 270 g/mol. The number of aliphatic carboxylic acids is 1. The van der Waals surface area contributed by atoms with Gasteiger partial charge in [0.15, 0.2) is 0 Å². The smallest absolute Gasteiger partial charge is 0.317 e. The maximum absolute atomic E-state index is 10.6. The lowest BCUT2D eigenvalue weighted by Gasteiger charge is -2.19. The topological polar surface area (TPSA) is 43.8 Å². The molecular weight excluding hydrogens is 252 g/mol. The molecule has 0 saturated heterocycles. The Morgan fingerprint density at radius 2 is 1.83 bits per heavy atom. The highest BCUT2D eigenvalue weighted by Crippen LogP contribution is 2.23. The highest BCUT2D eigenvalue weighted by molar-refractivity contribution is 6.21. The molecule has 18 heavy (non-hydrogen) atoms. The van der Waals surface area contributed by atoms with Gasteiger partial charge in [-0.05, 0) is 24.7 Å². The number of hydrogen-bond acceptors (Lipinski definition) is 3. The van der Waals surface area contributed by atoms with Crippen molar-refractivity contribution in [1.29, 1.82) is 0 Å². The van der Waals surface area contributed by atoms with Gasteiger partial charge in [0, 0.05) is 26.3 Å². The first-order valence-electron chi connectivity index (χ1n) is 5.72. The Morgan fingerprint density at radius 1 is 1.28 bits per heavy atom. The van der Waals surface area contributed by atoms with E-state index in [1.165, 1.54) is 0 Å². The number of hydrogen-bond donors (Lipinski definition) is 1. The van der Waals surface area contributed by atoms with Crippen LogP contribution in [0.2, 0.25) is 0 Å². The van der Waals surface area contributed by atoms with E-state index in [0.717, 1.165) is 11.3 Å². The fraction of sp³-hybridized carbons (Fsp3) is 0.462. The quantitative estimate of drug-likeness (QED) is 0.804. The molecule has 1 aromatic carbocycles. The third-order valence-electron chi connectivity index (χ3n) is 2.65. The number of carbonyl (C=O) groups is 1. The average molecular weight is 271 g/mol. The third-order valence-corrected chi connectivity index (χ3v) is 3.04. The maximum atomic E-state index is 10.6. The highest BCUT2D eigenvalue weighted by atomic mass is 35.5. The summed E-state index contributed by atoms with van der Waals surface area (Å²) in [5.41, 5.74) is 2.11. The van der Waals surface area contributed by atoms with E-state index >= 15 is 0 Å². The fourth-order valence-corrected chi connectivity index (χ4v) is 2.04. The van der Waals surface area contributed by atoms with Gasteiger partial charge in [0.05, 0.1) is 11.9 Å². The molecule has 0 bridgehead atoms. The van der Waals surface area contributed by atoms with Crippen molar-refractivity contribution in [3.05, 3.63) is 29.8 Å². The minimum Gasteiger partial charge on any atom is -0.480 e. The standard InChI is InChI=1S/C13H19ClN2O2/c1-15(2)11-6-4-10(5-7-11)12(14)8-16(3)9-13(17)18/h4-7,12H,8-9H2,1-3H3,(H,17,18). The van der Waals surface area contributed by atoms with Crippen LogP contribution in [0.15, 0.2) is 24.3 Å². The molecule has 0 saturated carbocycles. The van der Waals surface area contributed by atoms with E-state index in [1.807, 2.05) is 43.3 Å². The third kappa shape index (κ3) is 4.55. The van der Waals surface area contributed by atoms with Crippen molar-refractivity contribution in [2.75, 3.05) is 39.1 Å². The van der Waals surface area contributed by atoms with Crippen molar-refractivity contribution in [2.45, 2.75) is 5.38 Å². The maximum Gasteiger partial charge on any atom is 0.317 e. The molecule has 0 aliphatic rings. The molecule has 1 unspecified atom stereocenters. The van der Waals surface area contributed by atoms with Gasteiger partial charge < -0.3 is 10.0 Å². The first-order chi connectivity index (χ1) is 8.40. The van der Waals surface area contributed by atoms with Crippen LogP contribution < -0.4 is 4.90 Å². The lowest BCUT2D eigenvalue weighted by Crippen LogP contribution is -2.28. The van der Waals surface area contributed by atoms with Crippen molar-refractivity contribution in [3.63, 3.8) is 0 Å². The highest BCUT2D eigenvalue weighted by Gasteiger charge is 2.13. The second-order valence-electron chi connectivity index (χ2n) is 4.54. The van der Waals surface area contributed by atoms with Gasteiger partial charge in [-0.2, -0.15) is 0 Å². The Labute approximate surface area is 113 Å². The Hall–Kier alpha value is -1.26.